The van der Waals surface area contributed by atoms with E-state index >= 15 is 0 Å². The average Bonchev–Trinajstić information content (AvgIpc) is 2.64. The SMILES string of the molecule is C=CCNC(=O)CC1CC(=O)NC(SCC(=O)Nc2ccccc2C(F)(F)F)N1. The fourth-order valence-corrected chi connectivity index (χ4v) is 3.52. The van der Waals surface area contributed by atoms with Crippen molar-refractivity contribution in [2.45, 2.75) is 30.6 Å². The fraction of sp³-hybridized carbons (Fsp3) is 0.389. The summed E-state index contributed by atoms with van der Waals surface area (Å²) in [6.45, 7) is 3.81. The molecule has 1 saturated heterocycles. The summed E-state index contributed by atoms with van der Waals surface area (Å²) in [5.74, 6) is -1.37. The van der Waals surface area contributed by atoms with Gasteiger partial charge >= 0.3 is 6.18 Å². The van der Waals surface area contributed by atoms with Crippen LogP contribution in [0.2, 0.25) is 0 Å². The number of halogens is 3. The molecular weight excluding hydrogens is 409 g/mol. The lowest BCUT2D eigenvalue weighted by molar-refractivity contribution is -0.137. The smallest absolute Gasteiger partial charge is 0.353 e. The molecule has 1 aliphatic heterocycles. The van der Waals surface area contributed by atoms with Crippen molar-refractivity contribution in [3.8, 4) is 0 Å². The maximum atomic E-state index is 13.0. The standard InChI is InChI=1S/C18H21F3N4O3S/c1-2-7-22-14(26)8-11-9-15(27)25-17(23-11)29-10-16(28)24-13-6-4-3-5-12(13)18(19,20)21/h2-6,11,17,23H,1,7-10H2,(H,22,26)(H,24,28)(H,25,27). The number of thioether (sulfide) groups is 1. The third kappa shape index (κ3) is 7.42. The highest BCUT2D eigenvalue weighted by atomic mass is 32.2. The first kappa shape index (κ1) is 22.8. The van der Waals surface area contributed by atoms with Gasteiger partial charge in [0.05, 0.1) is 17.0 Å². The van der Waals surface area contributed by atoms with E-state index in [1.807, 2.05) is 0 Å². The number of hydrogen-bond acceptors (Lipinski definition) is 5. The topological polar surface area (TPSA) is 99.3 Å². The van der Waals surface area contributed by atoms with Gasteiger partial charge in [0.2, 0.25) is 17.7 Å². The summed E-state index contributed by atoms with van der Waals surface area (Å²) >= 11 is 1.01. The Morgan fingerprint density at radius 1 is 1.28 bits per heavy atom. The Morgan fingerprint density at radius 2 is 2.00 bits per heavy atom. The van der Waals surface area contributed by atoms with Crippen LogP contribution >= 0.6 is 11.8 Å². The number of amides is 3. The van der Waals surface area contributed by atoms with E-state index in [9.17, 15) is 27.6 Å². The first-order chi connectivity index (χ1) is 13.7. The van der Waals surface area contributed by atoms with Crippen molar-refractivity contribution in [2.24, 2.45) is 0 Å². The highest BCUT2D eigenvalue weighted by molar-refractivity contribution is 8.00. The molecule has 4 N–H and O–H groups in total. The van der Waals surface area contributed by atoms with E-state index < -0.39 is 29.2 Å². The second-order valence-corrected chi connectivity index (χ2v) is 7.31. The predicted octanol–water partition coefficient (Wildman–Crippen LogP) is 1.83. The molecule has 11 heteroatoms. The van der Waals surface area contributed by atoms with Crippen LogP contribution in [0.25, 0.3) is 0 Å². The van der Waals surface area contributed by atoms with E-state index in [1.165, 1.54) is 24.3 Å². The van der Waals surface area contributed by atoms with Crippen molar-refractivity contribution < 1.29 is 27.6 Å². The number of rotatable bonds is 8. The summed E-state index contributed by atoms with van der Waals surface area (Å²) in [7, 11) is 0. The zero-order chi connectivity index (χ0) is 21.4. The zero-order valence-corrected chi connectivity index (χ0v) is 16.2. The van der Waals surface area contributed by atoms with Gasteiger partial charge in [0, 0.05) is 25.4 Å². The van der Waals surface area contributed by atoms with E-state index in [4.69, 9.17) is 0 Å². The van der Waals surface area contributed by atoms with Crippen molar-refractivity contribution in [2.75, 3.05) is 17.6 Å². The van der Waals surface area contributed by atoms with Crippen molar-refractivity contribution in [1.82, 2.24) is 16.0 Å². The monoisotopic (exact) mass is 430 g/mol. The molecule has 0 saturated carbocycles. The van der Waals surface area contributed by atoms with E-state index in [0.717, 1.165) is 17.8 Å². The van der Waals surface area contributed by atoms with Gasteiger partial charge in [0.15, 0.2) is 0 Å². The Kier molecular flexibility index (Phi) is 8.09. The minimum atomic E-state index is -4.59. The van der Waals surface area contributed by atoms with E-state index in [2.05, 4.69) is 27.8 Å². The van der Waals surface area contributed by atoms with Gasteiger partial charge in [-0.25, -0.2) is 0 Å². The van der Waals surface area contributed by atoms with Crippen LogP contribution in [0.4, 0.5) is 18.9 Å². The van der Waals surface area contributed by atoms with Crippen molar-refractivity contribution in [3.05, 3.63) is 42.5 Å². The molecule has 0 spiro atoms. The van der Waals surface area contributed by atoms with Crippen LogP contribution in [0.15, 0.2) is 36.9 Å². The first-order valence-electron chi connectivity index (χ1n) is 8.69. The molecule has 1 aromatic rings. The fourth-order valence-electron chi connectivity index (χ4n) is 2.63. The van der Waals surface area contributed by atoms with E-state index in [1.54, 1.807) is 0 Å². The second-order valence-electron chi connectivity index (χ2n) is 6.21. The Bertz CT molecular complexity index is 773. The lowest BCUT2D eigenvalue weighted by atomic mass is 10.1. The zero-order valence-electron chi connectivity index (χ0n) is 15.3. The number of alkyl halides is 3. The summed E-state index contributed by atoms with van der Waals surface area (Å²) in [5.41, 5.74) is -1.91. The number of para-hydroxylation sites is 1. The van der Waals surface area contributed by atoms with E-state index in [-0.39, 0.29) is 36.1 Å². The predicted molar refractivity (Wildman–Crippen MR) is 104 cm³/mol. The number of carbonyl (C=O) groups is 3. The molecular formula is C18H21F3N4O3S. The average molecular weight is 430 g/mol. The van der Waals surface area contributed by atoms with Crippen LogP contribution in [0.1, 0.15) is 18.4 Å². The van der Waals surface area contributed by atoms with E-state index in [0.29, 0.717) is 6.54 Å². The van der Waals surface area contributed by atoms with Crippen LogP contribution < -0.4 is 21.3 Å². The largest absolute Gasteiger partial charge is 0.418 e. The van der Waals surface area contributed by atoms with Gasteiger partial charge in [0.1, 0.15) is 5.50 Å². The highest BCUT2D eigenvalue weighted by Crippen LogP contribution is 2.34. The molecule has 7 nitrogen and oxygen atoms in total. The van der Waals surface area contributed by atoms with Crippen molar-refractivity contribution in [3.63, 3.8) is 0 Å². The van der Waals surface area contributed by atoms with Crippen LogP contribution in [0.3, 0.4) is 0 Å². The third-order valence-corrected chi connectivity index (χ3v) is 4.89. The second kappa shape index (κ2) is 10.3. The quantitative estimate of drug-likeness (QED) is 0.472. The Labute approximate surface area is 169 Å². The number of anilines is 1. The summed E-state index contributed by atoms with van der Waals surface area (Å²) in [6.07, 6.45) is -2.88. The van der Waals surface area contributed by atoms with Crippen LogP contribution in [-0.2, 0) is 20.6 Å². The molecule has 1 aliphatic rings. The molecule has 0 aromatic heterocycles. The molecule has 158 valence electrons. The summed E-state index contributed by atoms with van der Waals surface area (Å²) in [5, 5.41) is 10.5. The van der Waals surface area contributed by atoms with Crippen LogP contribution in [-0.4, -0.2) is 41.6 Å². The molecule has 1 aromatic carbocycles. The van der Waals surface area contributed by atoms with Gasteiger partial charge in [-0.2, -0.15) is 13.2 Å². The maximum absolute atomic E-state index is 13.0. The minimum Gasteiger partial charge on any atom is -0.353 e. The van der Waals surface area contributed by atoms with Gasteiger partial charge < -0.3 is 16.0 Å². The van der Waals surface area contributed by atoms with Gasteiger partial charge in [-0.15, -0.1) is 18.3 Å². The minimum absolute atomic E-state index is 0.0729. The number of hydrogen-bond donors (Lipinski definition) is 4. The van der Waals surface area contributed by atoms with Gasteiger partial charge in [-0.1, -0.05) is 18.2 Å². The lowest BCUT2D eigenvalue weighted by Gasteiger charge is -2.30. The van der Waals surface area contributed by atoms with Crippen LogP contribution in [0, 0.1) is 0 Å². The summed E-state index contributed by atoms with van der Waals surface area (Å²) in [6, 6.07) is 4.26. The van der Waals surface area contributed by atoms with Gasteiger partial charge in [-0.3, -0.25) is 19.7 Å². The molecule has 2 rings (SSSR count). The highest BCUT2D eigenvalue weighted by Gasteiger charge is 2.33. The van der Waals surface area contributed by atoms with Gasteiger partial charge in [0.25, 0.3) is 0 Å². The molecule has 0 aliphatic carbocycles. The Balaban J connectivity index is 1.87. The van der Waals surface area contributed by atoms with Crippen molar-refractivity contribution >= 4 is 35.2 Å². The molecule has 0 bridgehead atoms. The normalized spacial score (nSPS) is 19.2. The number of carbonyl (C=O) groups excluding carboxylic acids is 3. The number of benzene rings is 1. The maximum Gasteiger partial charge on any atom is 0.418 e. The molecule has 2 atom stereocenters. The van der Waals surface area contributed by atoms with Crippen molar-refractivity contribution in [1.29, 1.82) is 0 Å². The van der Waals surface area contributed by atoms with Crippen LogP contribution in [0.5, 0.6) is 0 Å². The molecule has 3 amide bonds. The molecule has 0 radical (unpaired) electrons. The third-order valence-electron chi connectivity index (χ3n) is 3.87. The Hall–Kier alpha value is -2.53. The lowest BCUT2D eigenvalue weighted by Crippen LogP contribution is -2.56. The molecule has 29 heavy (non-hydrogen) atoms. The first-order valence-corrected chi connectivity index (χ1v) is 9.74. The molecule has 2 unspecified atom stereocenters. The summed E-state index contributed by atoms with van der Waals surface area (Å²) in [4.78, 5) is 35.7. The Morgan fingerprint density at radius 3 is 2.69 bits per heavy atom. The number of nitrogens with one attached hydrogen (secondary N) is 4. The summed E-state index contributed by atoms with van der Waals surface area (Å²) < 4.78 is 39.0. The molecule has 1 heterocycles. The van der Waals surface area contributed by atoms with Gasteiger partial charge in [-0.05, 0) is 12.1 Å². The molecule has 1 fully saturated rings.